The van der Waals surface area contributed by atoms with Gasteiger partial charge in [-0.3, -0.25) is 0 Å². The van der Waals surface area contributed by atoms with Gasteiger partial charge >= 0.3 is 0 Å². The molecule has 0 spiro atoms. The molecule has 1 aromatic rings. The lowest BCUT2D eigenvalue weighted by molar-refractivity contribution is 0.117. The van der Waals surface area contributed by atoms with E-state index in [0.717, 1.165) is 31.7 Å². The van der Waals surface area contributed by atoms with Crippen LogP contribution in [0.3, 0.4) is 0 Å². The van der Waals surface area contributed by atoms with Crippen LogP contribution in [0, 0.1) is 6.92 Å². The van der Waals surface area contributed by atoms with Crippen LogP contribution >= 0.6 is 11.3 Å². The van der Waals surface area contributed by atoms with Crippen LogP contribution in [0.25, 0.3) is 0 Å². The van der Waals surface area contributed by atoms with E-state index < -0.39 is 0 Å². The Morgan fingerprint density at radius 3 is 3.19 bits per heavy atom. The Morgan fingerprint density at radius 2 is 2.56 bits per heavy atom. The standard InChI is InChI=1S/C11H19N3OS/c1-8-7-16-11(14-8)6-12-4-9-3-10(15-2)5-13-9/h7,9-10,12-13H,3-6H2,1-2H3. The molecule has 2 heterocycles. The molecule has 0 radical (unpaired) electrons. The molecular weight excluding hydrogens is 222 g/mol. The summed E-state index contributed by atoms with van der Waals surface area (Å²) in [6.07, 6.45) is 1.48. The Bertz CT molecular complexity index is 329. The lowest BCUT2D eigenvalue weighted by Crippen LogP contribution is -2.33. The summed E-state index contributed by atoms with van der Waals surface area (Å²) in [7, 11) is 1.78. The normalized spacial score (nSPS) is 25.1. The van der Waals surface area contributed by atoms with Crippen molar-refractivity contribution in [2.75, 3.05) is 20.2 Å². The highest BCUT2D eigenvalue weighted by Gasteiger charge is 2.22. The predicted molar refractivity (Wildman–Crippen MR) is 65.8 cm³/mol. The van der Waals surface area contributed by atoms with Crippen LogP contribution in [0.2, 0.25) is 0 Å². The van der Waals surface area contributed by atoms with Crippen molar-refractivity contribution in [1.29, 1.82) is 0 Å². The Balaban J connectivity index is 1.65. The fraction of sp³-hybridized carbons (Fsp3) is 0.727. The predicted octanol–water partition coefficient (Wildman–Crippen LogP) is 0.918. The minimum atomic E-state index is 0.383. The van der Waals surface area contributed by atoms with Gasteiger partial charge in [0.25, 0.3) is 0 Å². The Labute approximate surface area is 100 Å². The number of hydrogen-bond acceptors (Lipinski definition) is 5. The van der Waals surface area contributed by atoms with Gasteiger partial charge in [-0.2, -0.15) is 0 Å². The van der Waals surface area contributed by atoms with E-state index in [-0.39, 0.29) is 0 Å². The number of nitrogens with one attached hydrogen (secondary N) is 2. The zero-order chi connectivity index (χ0) is 11.4. The summed E-state index contributed by atoms with van der Waals surface area (Å²) in [4.78, 5) is 4.42. The van der Waals surface area contributed by atoms with Gasteiger partial charge in [0.15, 0.2) is 0 Å². The number of nitrogens with zero attached hydrogens (tertiary/aromatic N) is 1. The molecule has 2 unspecified atom stereocenters. The van der Waals surface area contributed by atoms with Crippen molar-refractivity contribution in [1.82, 2.24) is 15.6 Å². The number of hydrogen-bond donors (Lipinski definition) is 2. The van der Waals surface area contributed by atoms with Gasteiger partial charge in [0.2, 0.25) is 0 Å². The average molecular weight is 241 g/mol. The highest BCUT2D eigenvalue weighted by atomic mass is 32.1. The summed E-state index contributed by atoms with van der Waals surface area (Å²) in [6, 6.07) is 0.533. The second-order valence-corrected chi connectivity index (χ2v) is 5.15. The van der Waals surface area contributed by atoms with E-state index in [4.69, 9.17) is 4.74 Å². The quantitative estimate of drug-likeness (QED) is 0.804. The van der Waals surface area contributed by atoms with E-state index in [1.165, 1.54) is 5.01 Å². The fourth-order valence-electron chi connectivity index (χ4n) is 1.95. The molecule has 0 bridgehead atoms. The molecule has 0 aromatic carbocycles. The zero-order valence-electron chi connectivity index (χ0n) is 9.82. The molecule has 0 aliphatic carbocycles. The molecule has 2 atom stereocenters. The number of ether oxygens (including phenoxy) is 1. The van der Waals surface area contributed by atoms with Crippen molar-refractivity contribution in [3.05, 3.63) is 16.1 Å². The highest BCUT2D eigenvalue weighted by molar-refractivity contribution is 7.09. The second kappa shape index (κ2) is 5.72. The first-order chi connectivity index (χ1) is 7.78. The van der Waals surface area contributed by atoms with E-state index in [1.807, 2.05) is 6.92 Å². The molecule has 1 fully saturated rings. The molecule has 5 heteroatoms. The van der Waals surface area contributed by atoms with Crippen molar-refractivity contribution < 1.29 is 4.74 Å². The Hall–Kier alpha value is -0.490. The van der Waals surface area contributed by atoms with E-state index in [9.17, 15) is 0 Å². The molecule has 4 nitrogen and oxygen atoms in total. The number of aromatic nitrogens is 1. The zero-order valence-corrected chi connectivity index (χ0v) is 10.6. The van der Waals surface area contributed by atoms with Gasteiger partial charge in [0.05, 0.1) is 6.10 Å². The van der Waals surface area contributed by atoms with E-state index >= 15 is 0 Å². The monoisotopic (exact) mass is 241 g/mol. The van der Waals surface area contributed by atoms with Gasteiger partial charge in [-0.1, -0.05) is 0 Å². The van der Waals surface area contributed by atoms with Crippen LogP contribution in [-0.4, -0.2) is 37.3 Å². The Morgan fingerprint density at radius 1 is 1.69 bits per heavy atom. The minimum absolute atomic E-state index is 0.383. The maximum absolute atomic E-state index is 5.31. The van der Waals surface area contributed by atoms with Crippen LogP contribution in [0.5, 0.6) is 0 Å². The summed E-state index contributed by atoms with van der Waals surface area (Å²) in [6.45, 7) is 4.85. The van der Waals surface area contributed by atoms with Crippen molar-refractivity contribution in [3.63, 3.8) is 0 Å². The molecule has 1 aliphatic rings. The summed E-state index contributed by atoms with van der Waals surface area (Å²) in [5.74, 6) is 0. The van der Waals surface area contributed by atoms with Crippen LogP contribution in [0.15, 0.2) is 5.38 Å². The third-order valence-corrected chi connectivity index (χ3v) is 3.82. The summed E-state index contributed by atoms with van der Waals surface area (Å²) in [5.41, 5.74) is 1.11. The molecule has 0 saturated carbocycles. The summed E-state index contributed by atoms with van der Waals surface area (Å²) in [5, 5.41) is 10.1. The van der Waals surface area contributed by atoms with Gasteiger partial charge in [-0.25, -0.2) is 4.98 Å². The van der Waals surface area contributed by atoms with Gasteiger partial charge in [0, 0.05) is 43.9 Å². The van der Waals surface area contributed by atoms with Gasteiger partial charge in [-0.15, -0.1) is 11.3 Å². The Kier molecular flexibility index (Phi) is 4.29. The number of thiazole rings is 1. The average Bonchev–Trinajstić information content (AvgIpc) is 2.88. The number of methoxy groups -OCH3 is 1. The number of aryl methyl sites for hydroxylation is 1. The van der Waals surface area contributed by atoms with Crippen molar-refractivity contribution in [2.45, 2.75) is 32.0 Å². The van der Waals surface area contributed by atoms with E-state index in [1.54, 1.807) is 18.4 Å². The van der Waals surface area contributed by atoms with E-state index in [0.29, 0.717) is 12.1 Å². The lowest BCUT2D eigenvalue weighted by Gasteiger charge is -2.10. The first-order valence-corrected chi connectivity index (χ1v) is 6.54. The number of rotatable bonds is 5. The summed E-state index contributed by atoms with van der Waals surface area (Å²) >= 11 is 1.72. The third kappa shape index (κ3) is 3.25. The summed E-state index contributed by atoms with van der Waals surface area (Å²) < 4.78 is 5.31. The van der Waals surface area contributed by atoms with Crippen molar-refractivity contribution in [2.24, 2.45) is 0 Å². The van der Waals surface area contributed by atoms with Gasteiger partial charge in [-0.05, 0) is 13.3 Å². The third-order valence-electron chi connectivity index (χ3n) is 2.85. The first-order valence-electron chi connectivity index (χ1n) is 5.66. The minimum Gasteiger partial charge on any atom is -0.380 e. The molecule has 16 heavy (non-hydrogen) atoms. The van der Waals surface area contributed by atoms with Crippen molar-refractivity contribution in [3.8, 4) is 0 Å². The van der Waals surface area contributed by atoms with Crippen LogP contribution in [0.4, 0.5) is 0 Å². The molecule has 1 aliphatic heterocycles. The first kappa shape index (κ1) is 12.0. The smallest absolute Gasteiger partial charge is 0.107 e. The molecule has 2 rings (SSSR count). The van der Waals surface area contributed by atoms with E-state index in [2.05, 4.69) is 21.0 Å². The topological polar surface area (TPSA) is 46.2 Å². The molecule has 2 N–H and O–H groups in total. The maximum Gasteiger partial charge on any atom is 0.107 e. The van der Waals surface area contributed by atoms with Crippen molar-refractivity contribution >= 4 is 11.3 Å². The largest absolute Gasteiger partial charge is 0.380 e. The molecule has 1 aromatic heterocycles. The molecule has 90 valence electrons. The maximum atomic E-state index is 5.31. The fourth-order valence-corrected chi connectivity index (χ4v) is 2.70. The van der Waals surface area contributed by atoms with Crippen LogP contribution in [-0.2, 0) is 11.3 Å². The second-order valence-electron chi connectivity index (χ2n) is 4.21. The van der Waals surface area contributed by atoms with Crippen LogP contribution in [0.1, 0.15) is 17.1 Å². The lowest BCUT2D eigenvalue weighted by atomic mass is 10.2. The van der Waals surface area contributed by atoms with Crippen LogP contribution < -0.4 is 10.6 Å². The van der Waals surface area contributed by atoms with Gasteiger partial charge in [0.1, 0.15) is 5.01 Å². The molecule has 1 saturated heterocycles. The molecular formula is C11H19N3OS. The highest BCUT2D eigenvalue weighted by Crippen LogP contribution is 2.10. The molecule has 0 amide bonds. The SMILES string of the molecule is COC1CNC(CNCc2nc(C)cs2)C1. The van der Waals surface area contributed by atoms with Gasteiger partial charge < -0.3 is 15.4 Å².